The first-order valence-corrected chi connectivity index (χ1v) is 8.85. The van der Waals surface area contributed by atoms with Gasteiger partial charge in [-0.1, -0.05) is 54.1 Å². The van der Waals surface area contributed by atoms with Crippen molar-refractivity contribution in [2.75, 3.05) is 6.54 Å². The van der Waals surface area contributed by atoms with E-state index in [0.29, 0.717) is 41.2 Å². The Morgan fingerprint density at radius 2 is 1.77 bits per heavy atom. The lowest BCUT2D eigenvalue weighted by atomic mass is 9.97. The molecule has 0 saturated heterocycles. The summed E-state index contributed by atoms with van der Waals surface area (Å²) in [5.74, 6) is -0.352. The third kappa shape index (κ3) is 2.93. The Bertz CT molecular complexity index is 979. The van der Waals surface area contributed by atoms with Crippen LogP contribution >= 0.6 is 11.6 Å². The summed E-state index contributed by atoms with van der Waals surface area (Å²) in [4.78, 5) is 30.9. The first-order chi connectivity index (χ1) is 12.6. The number of hydrogen-bond donors (Lipinski definition) is 1. The van der Waals surface area contributed by atoms with Crippen LogP contribution in [0.5, 0.6) is 0 Å². The van der Waals surface area contributed by atoms with Crippen LogP contribution in [-0.4, -0.2) is 28.1 Å². The molecule has 0 radical (unpaired) electrons. The molecule has 0 unspecified atom stereocenters. The van der Waals surface area contributed by atoms with Gasteiger partial charge < -0.3 is 9.88 Å². The molecular weight excluding hydrogens is 348 g/mol. The van der Waals surface area contributed by atoms with Gasteiger partial charge in [0.25, 0.3) is 5.91 Å². The van der Waals surface area contributed by atoms with Gasteiger partial charge in [0.1, 0.15) is 0 Å². The Labute approximate surface area is 156 Å². The summed E-state index contributed by atoms with van der Waals surface area (Å²) >= 11 is 6.17. The minimum atomic E-state index is -0.233. The highest BCUT2D eigenvalue weighted by atomic mass is 35.5. The third-order valence-electron chi connectivity index (χ3n) is 4.67. The molecule has 0 aliphatic carbocycles. The van der Waals surface area contributed by atoms with E-state index in [2.05, 4.69) is 4.98 Å². The molecule has 0 saturated carbocycles. The van der Waals surface area contributed by atoms with Crippen molar-refractivity contribution in [1.82, 2.24) is 9.88 Å². The summed E-state index contributed by atoms with van der Waals surface area (Å²) in [5.41, 5.74) is 3.14. The fraction of sp³-hybridized carbons (Fsp3) is 0.143. The standard InChI is InChI=1S/C21H17ClN2O2/c22-17-9-5-4-8-15(17)20(25)16-12-23-18-10-11-24(21(26)19(16)18)13-14-6-2-1-3-7-14/h1-9,12,23H,10-11,13H2. The highest BCUT2D eigenvalue weighted by molar-refractivity contribution is 6.35. The van der Waals surface area contributed by atoms with Crippen LogP contribution in [0.3, 0.4) is 0 Å². The summed E-state index contributed by atoms with van der Waals surface area (Å²) in [6.07, 6.45) is 2.32. The number of aromatic nitrogens is 1. The lowest BCUT2D eigenvalue weighted by Gasteiger charge is -2.27. The predicted molar refractivity (Wildman–Crippen MR) is 101 cm³/mol. The van der Waals surface area contributed by atoms with E-state index in [1.807, 2.05) is 30.3 Å². The number of fused-ring (bicyclic) bond motifs is 1. The van der Waals surface area contributed by atoms with Gasteiger partial charge in [0.2, 0.25) is 0 Å². The van der Waals surface area contributed by atoms with Gasteiger partial charge >= 0.3 is 0 Å². The van der Waals surface area contributed by atoms with Gasteiger partial charge in [-0.15, -0.1) is 0 Å². The zero-order valence-electron chi connectivity index (χ0n) is 14.0. The maximum atomic E-state index is 13.0. The molecule has 1 aliphatic rings. The number of aromatic amines is 1. The molecular formula is C21H17ClN2O2. The SMILES string of the molecule is O=C(c1ccccc1Cl)c1c[nH]c2c1C(=O)N(Cc1ccccc1)CC2. The van der Waals surface area contributed by atoms with E-state index in [1.165, 1.54) is 0 Å². The average molecular weight is 365 g/mol. The Hall–Kier alpha value is -2.85. The summed E-state index contributed by atoms with van der Waals surface area (Å²) in [6, 6.07) is 16.8. The number of rotatable bonds is 4. The molecule has 130 valence electrons. The van der Waals surface area contributed by atoms with Crippen LogP contribution in [-0.2, 0) is 13.0 Å². The van der Waals surface area contributed by atoms with Crippen molar-refractivity contribution in [2.24, 2.45) is 0 Å². The fourth-order valence-corrected chi connectivity index (χ4v) is 3.56. The molecule has 2 aromatic carbocycles. The summed E-state index contributed by atoms with van der Waals surface area (Å²) in [5, 5.41) is 0.386. The quantitative estimate of drug-likeness (QED) is 0.709. The van der Waals surface area contributed by atoms with Crippen LogP contribution in [0, 0.1) is 0 Å². The van der Waals surface area contributed by atoms with Gasteiger partial charge in [0, 0.05) is 37.0 Å². The summed E-state index contributed by atoms with van der Waals surface area (Å²) < 4.78 is 0. The lowest BCUT2D eigenvalue weighted by Crippen LogP contribution is -2.37. The van der Waals surface area contributed by atoms with Crippen molar-refractivity contribution in [3.63, 3.8) is 0 Å². The van der Waals surface area contributed by atoms with Crippen molar-refractivity contribution in [3.8, 4) is 0 Å². The van der Waals surface area contributed by atoms with Crippen LogP contribution in [0.1, 0.15) is 37.5 Å². The number of halogens is 1. The van der Waals surface area contributed by atoms with Crippen LogP contribution in [0.15, 0.2) is 60.8 Å². The first-order valence-electron chi connectivity index (χ1n) is 8.48. The highest BCUT2D eigenvalue weighted by Gasteiger charge is 2.31. The molecule has 3 aromatic rings. The Morgan fingerprint density at radius 1 is 1.04 bits per heavy atom. The molecule has 2 heterocycles. The minimum absolute atomic E-state index is 0.119. The molecule has 26 heavy (non-hydrogen) atoms. The van der Waals surface area contributed by atoms with Gasteiger partial charge in [-0.05, 0) is 17.7 Å². The molecule has 1 N–H and O–H groups in total. The second-order valence-electron chi connectivity index (χ2n) is 6.33. The Morgan fingerprint density at radius 3 is 2.54 bits per heavy atom. The number of carbonyl (C=O) groups is 2. The number of hydrogen-bond acceptors (Lipinski definition) is 2. The number of H-pyrrole nitrogens is 1. The van der Waals surface area contributed by atoms with Crippen molar-refractivity contribution in [3.05, 3.63) is 93.8 Å². The van der Waals surface area contributed by atoms with E-state index in [-0.39, 0.29) is 11.7 Å². The van der Waals surface area contributed by atoms with Crippen molar-refractivity contribution in [2.45, 2.75) is 13.0 Å². The van der Waals surface area contributed by atoms with Crippen LogP contribution in [0.25, 0.3) is 0 Å². The maximum absolute atomic E-state index is 13.0. The van der Waals surface area contributed by atoms with Crippen LogP contribution < -0.4 is 0 Å². The molecule has 1 aliphatic heterocycles. The Kier molecular flexibility index (Phi) is 4.35. The van der Waals surface area contributed by atoms with E-state index in [4.69, 9.17) is 11.6 Å². The molecule has 1 aromatic heterocycles. The van der Waals surface area contributed by atoms with Gasteiger partial charge in [-0.3, -0.25) is 9.59 Å². The third-order valence-corrected chi connectivity index (χ3v) is 5.00. The van der Waals surface area contributed by atoms with E-state index >= 15 is 0 Å². The monoisotopic (exact) mass is 364 g/mol. The van der Waals surface area contributed by atoms with Crippen molar-refractivity contribution < 1.29 is 9.59 Å². The lowest BCUT2D eigenvalue weighted by molar-refractivity contribution is 0.0722. The number of benzene rings is 2. The van der Waals surface area contributed by atoms with Crippen molar-refractivity contribution >= 4 is 23.3 Å². The average Bonchev–Trinajstić information content (AvgIpc) is 3.10. The molecule has 0 bridgehead atoms. The van der Waals surface area contributed by atoms with Gasteiger partial charge in [-0.2, -0.15) is 0 Å². The molecule has 5 heteroatoms. The Balaban J connectivity index is 1.66. The smallest absolute Gasteiger partial charge is 0.256 e. The predicted octanol–water partition coefficient (Wildman–Crippen LogP) is 4.10. The van der Waals surface area contributed by atoms with Crippen molar-refractivity contribution in [1.29, 1.82) is 0 Å². The van der Waals surface area contributed by atoms with E-state index in [0.717, 1.165) is 11.3 Å². The first kappa shape index (κ1) is 16.6. The van der Waals surface area contributed by atoms with Gasteiger partial charge in [0.15, 0.2) is 5.78 Å². The zero-order valence-corrected chi connectivity index (χ0v) is 14.8. The van der Waals surface area contributed by atoms with E-state index < -0.39 is 0 Å². The second kappa shape index (κ2) is 6.81. The fourth-order valence-electron chi connectivity index (χ4n) is 3.34. The molecule has 4 nitrogen and oxygen atoms in total. The van der Waals surface area contributed by atoms with E-state index in [9.17, 15) is 9.59 Å². The highest BCUT2D eigenvalue weighted by Crippen LogP contribution is 2.27. The number of amides is 1. The summed E-state index contributed by atoms with van der Waals surface area (Å²) in [7, 11) is 0. The second-order valence-corrected chi connectivity index (χ2v) is 6.73. The van der Waals surface area contributed by atoms with Crippen LogP contribution in [0.2, 0.25) is 5.02 Å². The zero-order chi connectivity index (χ0) is 18.1. The largest absolute Gasteiger partial charge is 0.364 e. The minimum Gasteiger partial charge on any atom is -0.364 e. The van der Waals surface area contributed by atoms with Gasteiger partial charge in [-0.25, -0.2) is 0 Å². The molecule has 1 amide bonds. The van der Waals surface area contributed by atoms with E-state index in [1.54, 1.807) is 35.4 Å². The topological polar surface area (TPSA) is 53.2 Å². The normalized spacial score (nSPS) is 13.6. The number of nitrogens with zero attached hydrogens (tertiary/aromatic N) is 1. The number of nitrogens with one attached hydrogen (secondary N) is 1. The summed E-state index contributed by atoms with van der Waals surface area (Å²) in [6.45, 7) is 1.16. The molecule has 0 atom stereocenters. The molecule has 0 fully saturated rings. The molecule has 4 rings (SSSR count). The van der Waals surface area contributed by atoms with Crippen LogP contribution in [0.4, 0.5) is 0 Å². The number of ketones is 1. The van der Waals surface area contributed by atoms with Gasteiger partial charge in [0.05, 0.1) is 16.1 Å². The number of carbonyl (C=O) groups excluding carboxylic acids is 2. The maximum Gasteiger partial charge on any atom is 0.256 e. The molecule has 0 spiro atoms.